The monoisotopic (exact) mass is 513 g/mol. The predicted molar refractivity (Wildman–Crippen MR) is 124 cm³/mol. The lowest BCUT2D eigenvalue weighted by Gasteiger charge is -2.15. The lowest BCUT2D eigenvalue weighted by atomic mass is 9.99. The summed E-state index contributed by atoms with van der Waals surface area (Å²) in [5.41, 5.74) is 2.54. The summed E-state index contributed by atoms with van der Waals surface area (Å²) in [7, 11) is 1.32. The molecule has 3 aromatic carbocycles. The number of hydrogen-bond donors (Lipinski definition) is 1. The second-order valence-corrected chi connectivity index (χ2v) is 8.12. The van der Waals surface area contributed by atoms with Crippen molar-refractivity contribution in [2.45, 2.75) is 13.0 Å². The average molecular weight is 514 g/mol. The summed E-state index contributed by atoms with van der Waals surface area (Å²) in [6, 6.07) is 15.7. The van der Waals surface area contributed by atoms with Crippen LogP contribution in [-0.2, 0) is 17.8 Å². The number of aromatic nitrogens is 1. The quantitative estimate of drug-likeness (QED) is 0.344. The van der Waals surface area contributed by atoms with Gasteiger partial charge in [0.25, 0.3) is 5.56 Å². The minimum Gasteiger partial charge on any atom is -0.487 e. The Morgan fingerprint density at radius 3 is 2.48 bits per heavy atom. The molecule has 1 heterocycles. The van der Waals surface area contributed by atoms with Crippen LogP contribution in [0.15, 0.2) is 69.9 Å². The molecule has 0 unspecified atom stereocenters. The van der Waals surface area contributed by atoms with E-state index in [4.69, 9.17) is 9.47 Å². The first-order valence-electron chi connectivity index (χ1n) is 9.94. The molecule has 0 radical (unpaired) electrons. The maximum atomic E-state index is 14.1. The fourth-order valence-corrected chi connectivity index (χ4v) is 3.94. The van der Waals surface area contributed by atoms with Crippen LogP contribution in [0.1, 0.15) is 27.0 Å². The number of fused-ring (bicyclic) bond motifs is 1. The summed E-state index contributed by atoms with van der Waals surface area (Å²) < 4.78 is 38.1. The number of H-pyrrole nitrogens is 1. The molecule has 0 fully saturated rings. The van der Waals surface area contributed by atoms with Gasteiger partial charge in [-0.3, -0.25) is 4.79 Å². The van der Waals surface area contributed by atoms with E-state index in [-0.39, 0.29) is 22.4 Å². The Morgan fingerprint density at radius 2 is 1.79 bits per heavy atom. The number of esters is 1. The first kappa shape index (κ1) is 22.7. The van der Waals surface area contributed by atoms with E-state index in [1.807, 2.05) is 24.3 Å². The third-order valence-electron chi connectivity index (χ3n) is 5.18. The zero-order valence-electron chi connectivity index (χ0n) is 17.5. The Balaban J connectivity index is 1.73. The molecule has 0 bridgehead atoms. The fraction of sp³-hybridized carbons (Fsp3) is 0.120. The van der Waals surface area contributed by atoms with Gasteiger partial charge in [-0.1, -0.05) is 24.3 Å². The van der Waals surface area contributed by atoms with Crippen molar-refractivity contribution in [2.24, 2.45) is 0 Å². The van der Waals surface area contributed by atoms with Gasteiger partial charge in [-0.05, 0) is 63.8 Å². The van der Waals surface area contributed by atoms with Gasteiger partial charge in [-0.25, -0.2) is 13.6 Å². The topological polar surface area (TPSA) is 68.4 Å². The smallest absolute Gasteiger partial charge is 0.337 e. The van der Waals surface area contributed by atoms with Gasteiger partial charge >= 0.3 is 5.97 Å². The molecule has 5 nitrogen and oxygen atoms in total. The average Bonchev–Trinajstić information content (AvgIpc) is 2.80. The minimum atomic E-state index is -0.730. The van der Waals surface area contributed by atoms with Crippen molar-refractivity contribution in [2.75, 3.05) is 7.11 Å². The summed E-state index contributed by atoms with van der Waals surface area (Å²) in [5, 5.41) is 0.656. The van der Waals surface area contributed by atoms with E-state index < -0.39 is 23.2 Å². The third kappa shape index (κ3) is 4.80. The highest BCUT2D eigenvalue weighted by Crippen LogP contribution is 2.34. The van der Waals surface area contributed by atoms with Gasteiger partial charge in [0.05, 0.1) is 18.2 Å². The van der Waals surface area contributed by atoms with E-state index in [0.717, 1.165) is 23.3 Å². The lowest BCUT2D eigenvalue weighted by molar-refractivity contribution is 0.0600. The third-order valence-corrected chi connectivity index (χ3v) is 5.90. The van der Waals surface area contributed by atoms with Crippen molar-refractivity contribution >= 4 is 32.8 Å². The molecule has 0 amide bonds. The number of rotatable bonds is 6. The first-order chi connectivity index (χ1) is 15.9. The number of hydrogen-bond acceptors (Lipinski definition) is 4. The van der Waals surface area contributed by atoms with Crippen molar-refractivity contribution < 1.29 is 23.0 Å². The molecule has 33 heavy (non-hydrogen) atoms. The Kier molecular flexibility index (Phi) is 6.55. The summed E-state index contributed by atoms with van der Waals surface area (Å²) in [6.45, 7) is -0.189. The van der Waals surface area contributed by atoms with Crippen molar-refractivity contribution in [3.05, 3.63) is 109 Å². The van der Waals surface area contributed by atoms with Crippen LogP contribution in [0.25, 0.3) is 10.9 Å². The van der Waals surface area contributed by atoms with Crippen LogP contribution < -0.4 is 10.3 Å². The Bertz CT molecular complexity index is 1400. The van der Waals surface area contributed by atoms with Gasteiger partial charge in [-0.15, -0.1) is 0 Å². The molecule has 0 spiro atoms. The number of halogens is 3. The van der Waals surface area contributed by atoms with Crippen molar-refractivity contribution in [3.8, 4) is 5.75 Å². The van der Waals surface area contributed by atoms with Crippen LogP contribution >= 0.6 is 15.9 Å². The number of methoxy groups -OCH3 is 1. The van der Waals surface area contributed by atoms with E-state index in [1.54, 1.807) is 18.2 Å². The van der Waals surface area contributed by atoms with Crippen LogP contribution in [0.5, 0.6) is 5.75 Å². The van der Waals surface area contributed by atoms with Crippen LogP contribution in [-0.4, -0.2) is 18.1 Å². The summed E-state index contributed by atoms with van der Waals surface area (Å²) in [4.78, 5) is 26.9. The maximum Gasteiger partial charge on any atom is 0.337 e. The molecular weight excluding hydrogens is 496 g/mol. The molecule has 0 aliphatic rings. The number of benzene rings is 3. The van der Waals surface area contributed by atoms with Crippen molar-refractivity contribution in [1.29, 1.82) is 0 Å². The highest BCUT2D eigenvalue weighted by molar-refractivity contribution is 9.10. The molecule has 0 saturated carbocycles. The highest BCUT2D eigenvalue weighted by Gasteiger charge is 2.17. The molecule has 0 atom stereocenters. The van der Waals surface area contributed by atoms with E-state index in [0.29, 0.717) is 22.9 Å². The van der Waals surface area contributed by atoms with Gasteiger partial charge in [0.2, 0.25) is 0 Å². The normalized spacial score (nSPS) is 10.9. The molecule has 4 aromatic rings. The van der Waals surface area contributed by atoms with E-state index in [9.17, 15) is 18.4 Å². The molecule has 1 aromatic heterocycles. The molecule has 8 heteroatoms. The largest absolute Gasteiger partial charge is 0.487 e. The van der Waals surface area contributed by atoms with Gasteiger partial charge in [0.1, 0.15) is 28.5 Å². The molecule has 0 saturated heterocycles. The fourth-order valence-electron chi connectivity index (χ4n) is 3.53. The van der Waals surface area contributed by atoms with E-state index in [2.05, 4.69) is 20.9 Å². The number of aromatic amines is 1. The summed E-state index contributed by atoms with van der Waals surface area (Å²) in [5.74, 6) is -1.57. The summed E-state index contributed by atoms with van der Waals surface area (Å²) in [6.07, 6.45) is 0.485. The number of carbonyl (C=O) groups is 1. The zero-order valence-corrected chi connectivity index (χ0v) is 19.0. The number of ether oxygens (including phenoxy) is 2. The molecule has 0 aliphatic carbocycles. The van der Waals surface area contributed by atoms with Crippen LogP contribution in [0.3, 0.4) is 0 Å². The Labute approximate surface area is 196 Å². The number of pyridine rings is 1. The van der Waals surface area contributed by atoms with E-state index in [1.165, 1.54) is 13.2 Å². The highest BCUT2D eigenvalue weighted by atomic mass is 79.9. The number of carbonyl (C=O) groups excluding carboxylic acids is 1. The van der Waals surface area contributed by atoms with Gasteiger partial charge in [0, 0.05) is 17.0 Å². The van der Waals surface area contributed by atoms with Crippen LogP contribution in [0.4, 0.5) is 8.78 Å². The first-order valence-corrected chi connectivity index (χ1v) is 10.7. The van der Waals surface area contributed by atoms with Crippen molar-refractivity contribution in [3.63, 3.8) is 0 Å². The maximum absolute atomic E-state index is 14.1. The standard InChI is InChI=1S/C25H18BrF2NO4/c1-32-25(31)15-7-5-14(6-8-15)11-16-3-2-4-20-21(16)23(22(26)24(30)29-20)33-13-17-9-10-18(27)12-19(17)28/h2-10,12H,11,13H2,1H3,(H,29,30). The van der Waals surface area contributed by atoms with Gasteiger partial charge < -0.3 is 14.5 Å². The molecule has 168 valence electrons. The van der Waals surface area contributed by atoms with Crippen LogP contribution in [0.2, 0.25) is 0 Å². The minimum absolute atomic E-state index is 0.160. The Morgan fingerprint density at radius 1 is 1.03 bits per heavy atom. The number of nitrogens with one attached hydrogen (secondary N) is 1. The van der Waals surface area contributed by atoms with E-state index >= 15 is 0 Å². The van der Waals surface area contributed by atoms with Crippen LogP contribution in [0, 0.1) is 11.6 Å². The second kappa shape index (κ2) is 9.54. The molecule has 1 N–H and O–H groups in total. The Hall–Kier alpha value is -3.52. The molecular formula is C25H18BrF2NO4. The molecule has 4 rings (SSSR count). The van der Waals surface area contributed by atoms with Gasteiger partial charge in [-0.2, -0.15) is 0 Å². The van der Waals surface area contributed by atoms with Gasteiger partial charge in [0.15, 0.2) is 0 Å². The lowest BCUT2D eigenvalue weighted by Crippen LogP contribution is -2.11. The summed E-state index contributed by atoms with van der Waals surface area (Å²) >= 11 is 3.28. The SMILES string of the molecule is COC(=O)c1ccc(Cc2cccc3[nH]c(=O)c(Br)c(OCc4ccc(F)cc4F)c23)cc1. The van der Waals surface area contributed by atoms with Crippen molar-refractivity contribution in [1.82, 2.24) is 4.98 Å². The molecule has 0 aliphatic heterocycles. The predicted octanol–water partition coefficient (Wildman–Crippen LogP) is 5.53. The zero-order chi connectivity index (χ0) is 23.5. The second-order valence-electron chi connectivity index (χ2n) is 7.33.